The van der Waals surface area contributed by atoms with Crippen LogP contribution in [0.25, 0.3) is 0 Å². The highest BCUT2D eigenvalue weighted by Gasteiger charge is 2.13. The van der Waals surface area contributed by atoms with Crippen LogP contribution >= 0.6 is 12.2 Å². The van der Waals surface area contributed by atoms with Crippen LogP contribution in [0.15, 0.2) is 42.5 Å². The second kappa shape index (κ2) is 8.16. The Morgan fingerprint density at radius 1 is 0.917 bits per heavy atom. The van der Waals surface area contributed by atoms with Gasteiger partial charge in [-0.15, -0.1) is 0 Å². The molecule has 0 fully saturated rings. The van der Waals surface area contributed by atoms with Gasteiger partial charge in [0.05, 0.1) is 27.0 Å². The Morgan fingerprint density at radius 3 is 2.25 bits per heavy atom. The molecule has 0 radical (unpaired) electrons. The van der Waals surface area contributed by atoms with Gasteiger partial charge in [-0.2, -0.15) is 0 Å². The number of hydrogen-bond acceptors (Lipinski definition) is 5. The molecule has 0 aromatic heterocycles. The molecule has 1 amide bonds. The molecule has 0 unspecified atom stereocenters. The number of benzene rings is 2. The molecule has 0 saturated heterocycles. The number of carbonyl (C=O) groups excluding carboxylic acids is 1. The lowest BCUT2D eigenvalue weighted by molar-refractivity contribution is 0.0977. The number of rotatable bonds is 5. The number of methoxy groups -OCH3 is 3. The van der Waals surface area contributed by atoms with Crippen LogP contribution in [-0.4, -0.2) is 32.3 Å². The van der Waals surface area contributed by atoms with Crippen LogP contribution in [0, 0.1) is 0 Å². The predicted molar refractivity (Wildman–Crippen MR) is 96.2 cm³/mol. The number of amides is 1. The molecule has 24 heavy (non-hydrogen) atoms. The second-order valence-corrected chi connectivity index (χ2v) is 5.09. The first-order valence-electron chi connectivity index (χ1n) is 7.06. The van der Waals surface area contributed by atoms with Crippen molar-refractivity contribution in [2.75, 3.05) is 26.6 Å². The highest BCUT2D eigenvalue weighted by molar-refractivity contribution is 7.80. The molecule has 0 aliphatic heterocycles. The van der Waals surface area contributed by atoms with E-state index in [1.807, 2.05) is 12.1 Å². The first-order chi connectivity index (χ1) is 11.6. The number of anilines is 1. The lowest BCUT2D eigenvalue weighted by atomic mass is 10.2. The molecule has 6 nitrogen and oxygen atoms in total. The summed E-state index contributed by atoms with van der Waals surface area (Å²) in [6, 6.07) is 12.1. The summed E-state index contributed by atoms with van der Waals surface area (Å²) in [6.07, 6.45) is 0. The minimum Gasteiger partial charge on any atom is -0.495 e. The molecule has 7 heteroatoms. The standard InChI is InChI=1S/C17H18N2O4S/c1-21-13-7-5-4-6-12(13)18-17(24)19-16(20)11-8-9-14(22-2)15(10-11)23-3/h4-10H,1-3H3,(H2,18,19,20,24). The molecular formula is C17H18N2O4S. The van der Waals surface area contributed by atoms with Crippen molar-refractivity contribution in [3.8, 4) is 17.2 Å². The maximum Gasteiger partial charge on any atom is 0.257 e. The van der Waals surface area contributed by atoms with Gasteiger partial charge < -0.3 is 19.5 Å². The molecule has 126 valence electrons. The van der Waals surface area contributed by atoms with Crippen molar-refractivity contribution in [2.45, 2.75) is 0 Å². The zero-order valence-corrected chi connectivity index (χ0v) is 14.4. The van der Waals surface area contributed by atoms with Crippen LogP contribution in [-0.2, 0) is 0 Å². The molecule has 2 aromatic carbocycles. The van der Waals surface area contributed by atoms with Crippen LogP contribution < -0.4 is 24.8 Å². The van der Waals surface area contributed by atoms with E-state index in [1.54, 1.807) is 37.4 Å². The van der Waals surface area contributed by atoms with Gasteiger partial charge in [-0.05, 0) is 42.5 Å². The smallest absolute Gasteiger partial charge is 0.257 e. The molecule has 0 aliphatic carbocycles. The first kappa shape index (κ1) is 17.6. The lowest BCUT2D eigenvalue weighted by Gasteiger charge is -2.13. The van der Waals surface area contributed by atoms with Gasteiger partial charge in [0, 0.05) is 5.56 Å². The van der Waals surface area contributed by atoms with Gasteiger partial charge in [0.15, 0.2) is 16.6 Å². The molecule has 0 bridgehead atoms. The van der Waals surface area contributed by atoms with Crippen LogP contribution in [0.3, 0.4) is 0 Å². The van der Waals surface area contributed by atoms with E-state index in [2.05, 4.69) is 10.6 Å². The minimum absolute atomic E-state index is 0.166. The summed E-state index contributed by atoms with van der Waals surface area (Å²) in [5.74, 6) is 1.28. The number of thiocarbonyl (C=S) groups is 1. The van der Waals surface area contributed by atoms with Crippen molar-refractivity contribution in [3.63, 3.8) is 0 Å². The fourth-order valence-electron chi connectivity index (χ4n) is 2.05. The summed E-state index contributed by atoms with van der Waals surface area (Å²) < 4.78 is 15.6. The van der Waals surface area contributed by atoms with Gasteiger partial charge in [0.1, 0.15) is 5.75 Å². The Morgan fingerprint density at radius 2 is 1.58 bits per heavy atom. The van der Waals surface area contributed by atoms with Gasteiger partial charge in [0.25, 0.3) is 5.91 Å². The number of nitrogens with one attached hydrogen (secondary N) is 2. The SMILES string of the molecule is COc1ccccc1NC(=S)NC(=O)c1ccc(OC)c(OC)c1. The van der Waals surface area contributed by atoms with Gasteiger partial charge >= 0.3 is 0 Å². The molecule has 2 aromatic rings. The fourth-order valence-corrected chi connectivity index (χ4v) is 2.26. The normalized spacial score (nSPS) is 9.79. The van der Waals surface area contributed by atoms with E-state index >= 15 is 0 Å². The monoisotopic (exact) mass is 346 g/mol. The zero-order valence-electron chi connectivity index (χ0n) is 13.6. The fraction of sp³-hybridized carbons (Fsp3) is 0.176. The Balaban J connectivity index is 2.07. The quantitative estimate of drug-likeness (QED) is 0.812. The summed E-state index contributed by atoms with van der Waals surface area (Å²) >= 11 is 5.18. The predicted octanol–water partition coefficient (Wildman–Crippen LogP) is 2.84. The molecule has 0 atom stereocenters. The van der Waals surface area contributed by atoms with Crippen LogP contribution in [0.5, 0.6) is 17.2 Å². The third kappa shape index (κ3) is 4.14. The Labute approximate surface area is 145 Å². The maximum atomic E-state index is 12.3. The highest BCUT2D eigenvalue weighted by atomic mass is 32.1. The Hall–Kier alpha value is -2.80. The van der Waals surface area contributed by atoms with Gasteiger partial charge in [0.2, 0.25) is 0 Å². The summed E-state index contributed by atoms with van der Waals surface area (Å²) in [4.78, 5) is 12.3. The third-order valence-electron chi connectivity index (χ3n) is 3.23. The van der Waals surface area contributed by atoms with Crippen molar-refractivity contribution >= 4 is 28.9 Å². The highest BCUT2D eigenvalue weighted by Crippen LogP contribution is 2.27. The van der Waals surface area contributed by atoms with Crippen molar-refractivity contribution < 1.29 is 19.0 Å². The summed E-state index contributed by atoms with van der Waals surface area (Å²) in [7, 11) is 4.60. The average Bonchev–Trinajstić information content (AvgIpc) is 2.61. The van der Waals surface area contributed by atoms with Crippen LogP contribution in [0.1, 0.15) is 10.4 Å². The molecule has 0 heterocycles. The minimum atomic E-state index is -0.358. The third-order valence-corrected chi connectivity index (χ3v) is 3.43. The van der Waals surface area contributed by atoms with Crippen molar-refractivity contribution in [3.05, 3.63) is 48.0 Å². The van der Waals surface area contributed by atoms with E-state index in [1.165, 1.54) is 14.2 Å². The molecule has 2 rings (SSSR count). The van der Waals surface area contributed by atoms with Gasteiger partial charge in [-0.25, -0.2) is 0 Å². The topological polar surface area (TPSA) is 68.8 Å². The lowest BCUT2D eigenvalue weighted by Crippen LogP contribution is -2.34. The number of ether oxygens (including phenoxy) is 3. The van der Waals surface area contributed by atoms with Crippen LogP contribution in [0.2, 0.25) is 0 Å². The summed E-state index contributed by atoms with van der Waals surface area (Å²) in [5.41, 5.74) is 1.06. The van der Waals surface area contributed by atoms with Crippen molar-refractivity contribution in [1.29, 1.82) is 0 Å². The molecule has 2 N–H and O–H groups in total. The first-order valence-corrected chi connectivity index (χ1v) is 7.47. The van der Waals surface area contributed by atoms with E-state index < -0.39 is 0 Å². The number of hydrogen-bond donors (Lipinski definition) is 2. The Kier molecular flexibility index (Phi) is 5.97. The maximum absolute atomic E-state index is 12.3. The second-order valence-electron chi connectivity index (χ2n) is 4.68. The summed E-state index contributed by atoms with van der Waals surface area (Å²) in [5, 5.41) is 5.71. The summed E-state index contributed by atoms with van der Waals surface area (Å²) in [6.45, 7) is 0. The van der Waals surface area contributed by atoms with E-state index in [0.29, 0.717) is 28.5 Å². The molecule has 0 aliphatic rings. The molecule has 0 saturated carbocycles. The zero-order chi connectivity index (χ0) is 17.5. The van der Waals surface area contributed by atoms with Gasteiger partial charge in [-0.3, -0.25) is 10.1 Å². The average molecular weight is 346 g/mol. The Bertz CT molecular complexity index is 749. The van der Waals surface area contributed by atoms with E-state index in [0.717, 1.165) is 0 Å². The number of para-hydroxylation sites is 2. The van der Waals surface area contributed by atoms with Crippen LogP contribution in [0.4, 0.5) is 5.69 Å². The molecular weight excluding hydrogens is 328 g/mol. The number of carbonyl (C=O) groups is 1. The van der Waals surface area contributed by atoms with Gasteiger partial charge in [-0.1, -0.05) is 12.1 Å². The van der Waals surface area contributed by atoms with E-state index in [-0.39, 0.29) is 11.0 Å². The van der Waals surface area contributed by atoms with E-state index in [9.17, 15) is 4.79 Å². The molecule has 0 spiro atoms. The van der Waals surface area contributed by atoms with Crippen molar-refractivity contribution in [2.24, 2.45) is 0 Å². The largest absolute Gasteiger partial charge is 0.495 e. The van der Waals surface area contributed by atoms with E-state index in [4.69, 9.17) is 26.4 Å². The van der Waals surface area contributed by atoms with Crippen molar-refractivity contribution in [1.82, 2.24) is 5.32 Å².